The topological polar surface area (TPSA) is 109 Å². The molecule has 38 heavy (non-hydrogen) atoms. The van der Waals surface area contributed by atoms with Crippen LogP contribution in [0.3, 0.4) is 0 Å². The molecule has 1 N–H and O–H groups in total. The highest BCUT2D eigenvalue weighted by atomic mass is 127. The van der Waals surface area contributed by atoms with Gasteiger partial charge in [-0.15, -0.1) is 0 Å². The molecule has 1 atom stereocenters. The fourth-order valence-corrected chi connectivity index (χ4v) is 5.90. The molecule has 9 nitrogen and oxygen atoms in total. The van der Waals surface area contributed by atoms with Gasteiger partial charge in [-0.1, -0.05) is 11.3 Å². The van der Waals surface area contributed by atoms with Gasteiger partial charge in [-0.2, -0.15) is 0 Å². The quantitative estimate of drug-likeness (QED) is 0.294. The summed E-state index contributed by atoms with van der Waals surface area (Å²) in [6, 6.07) is 7.81. The zero-order valence-electron chi connectivity index (χ0n) is 21.5. The van der Waals surface area contributed by atoms with E-state index in [1.54, 1.807) is 57.4 Å². The van der Waals surface area contributed by atoms with Crippen molar-refractivity contribution in [1.29, 1.82) is 0 Å². The molecule has 1 aromatic heterocycles. The lowest BCUT2D eigenvalue weighted by atomic mass is 9.94. The molecule has 4 rings (SSSR count). The van der Waals surface area contributed by atoms with Crippen LogP contribution < -0.4 is 29.1 Å². The van der Waals surface area contributed by atoms with Gasteiger partial charge in [0.15, 0.2) is 16.3 Å². The molecule has 2 aromatic carbocycles. The number of halogens is 1. The van der Waals surface area contributed by atoms with Gasteiger partial charge in [0.05, 0.1) is 46.8 Å². The van der Waals surface area contributed by atoms with E-state index in [1.807, 2.05) is 29.5 Å². The van der Waals surface area contributed by atoms with E-state index in [-0.39, 0.29) is 23.5 Å². The minimum absolute atomic E-state index is 0.0471. The number of hydrogen-bond acceptors (Lipinski definition) is 9. The Morgan fingerprint density at radius 3 is 2.58 bits per heavy atom. The maximum absolute atomic E-state index is 13.9. The summed E-state index contributed by atoms with van der Waals surface area (Å²) in [6.45, 7) is 5.82. The Morgan fingerprint density at radius 2 is 1.92 bits per heavy atom. The predicted molar refractivity (Wildman–Crippen MR) is 152 cm³/mol. The number of benzene rings is 2. The van der Waals surface area contributed by atoms with Crippen LogP contribution in [0.25, 0.3) is 6.08 Å². The van der Waals surface area contributed by atoms with Gasteiger partial charge in [0, 0.05) is 5.56 Å². The Morgan fingerprint density at radius 1 is 1.16 bits per heavy atom. The van der Waals surface area contributed by atoms with Gasteiger partial charge in [0.25, 0.3) is 5.56 Å². The van der Waals surface area contributed by atoms with Crippen molar-refractivity contribution in [1.82, 2.24) is 4.57 Å². The number of hydrogen-bond donors (Lipinski definition) is 1. The number of carbonyl (C=O) groups excluding carboxylic acids is 1. The number of allylic oxidation sites excluding steroid dienone is 1. The number of nitrogens with zero attached hydrogens (tertiary/aromatic N) is 2. The molecule has 1 aliphatic heterocycles. The molecule has 0 fully saturated rings. The van der Waals surface area contributed by atoms with Crippen molar-refractivity contribution in [3.63, 3.8) is 0 Å². The van der Waals surface area contributed by atoms with Crippen LogP contribution in [0.5, 0.6) is 23.0 Å². The van der Waals surface area contributed by atoms with Crippen LogP contribution in [0, 0.1) is 3.57 Å². The smallest absolute Gasteiger partial charge is 0.338 e. The summed E-state index contributed by atoms with van der Waals surface area (Å²) in [5, 5.41) is 10.3. The Kier molecular flexibility index (Phi) is 8.46. The van der Waals surface area contributed by atoms with Crippen molar-refractivity contribution < 1.29 is 28.8 Å². The van der Waals surface area contributed by atoms with E-state index >= 15 is 0 Å². The number of aromatic nitrogens is 1. The minimum atomic E-state index is -0.851. The highest BCUT2D eigenvalue weighted by molar-refractivity contribution is 14.1. The molecule has 0 bridgehead atoms. The lowest BCUT2D eigenvalue weighted by Gasteiger charge is -2.26. The Balaban J connectivity index is 2.00. The van der Waals surface area contributed by atoms with Gasteiger partial charge < -0.3 is 24.1 Å². The highest BCUT2D eigenvalue weighted by Gasteiger charge is 2.35. The summed E-state index contributed by atoms with van der Waals surface area (Å²) in [4.78, 5) is 32.1. The zero-order chi connectivity index (χ0) is 27.6. The first-order chi connectivity index (χ1) is 18.2. The molecule has 200 valence electrons. The molecule has 0 aliphatic carbocycles. The lowest BCUT2D eigenvalue weighted by molar-refractivity contribution is -0.139. The first-order valence-electron chi connectivity index (χ1n) is 11.8. The third-order valence-electron chi connectivity index (χ3n) is 5.90. The number of aromatic hydroxyl groups is 1. The molecular weight excluding hydrogens is 623 g/mol. The summed E-state index contributed by atoms with van der Waals surface area (Å²) in [5.74, 6) is 0.843. The number of phenols is 1. The molecule has 2 heterocycles. The number of thiazole rings is 1. The average Bonchev–Trinajstić information content (AvgIpc) is 3.20. The van der Waals surface area contributed by atoms with Crippen molar-refractivity contribution in [2.75, 3.05) is 27.4 Å². The summed E-state index contributed by atoms with van der Waals surface area (Å²) < 4.78 is 24.4. The van der Waals surface area contributed by atoms with Crippen LogP contribution in [-0.4, -0.2) is 43.1 Å². The Labute approximate surface area is 236 Å². The van der Waals surface area contributed by atoms with Gasteiger partial charge in [0.2, 0.25) is 0 Å². The summed E-state index contributed by atoms with van der Waals surface area (Å²) in [5.41, 5.74) is 1.60. The van der Waals surface area contributed by atoms with Gasteiger partial charge in [-0.25, -0.2) is 9.79 Å². The first kappa shape index (κ1) is 27.7. The molecule has 0 saturated carbocycles. The fraction of sp³-hybridized carbons (Fsp3) is 0.296. The lowest BCUT2D eigenvalue weighted by Crippen LogP contribution is -2.40. The third kappa shape index (κ3) is 5.17. The Bertz CT molecular complexity index is 1610. The SMILES string of the molecule is CCOC(=O)C1=C(C)N=c2s/c(=C/c3cc(I)c(O)c(OCC)c3)c(=O)n2[C@H]1c1cc(OC)ccc1OC. The number of methoxy groups -OCH3 is 2. The highest BCUT2D eigenvalue weighted by Crippen LogP contribution is 2.38. The standard InChI is InChI=1S/C27H27IN2O7S/c1-6-36-20-11-15(10-18(28)24(20)31)12-21-25(32)30-23(17-13-16(34-4)8-9-19(17)35-5)22(26(33)37-7-2)14(3)29-27(30)38-21/h8-13,23,31H,6-7H2,1-5H3/b21-12+/t23-/m0/s1. The van der Waals surface area contributed by atoms with E-state index in [0.717, 1.165) is 0 Å². The second kappa shape index (κ2) is 11.6. The minimum Gasteiger partial charge on any atom is -0.504 e. The van der Waals surface area contributed by atoms with Crippen molar-refractivity contribution in [2.24, 2.45) is 4.99 Å². The first-order valence-corrected chi connectivity index (χ1v) is 13.7. The molecule has 3 aromatic rings. The predicted octanol–water partition coefficient (Wildman–Crippen LogP) is 3.52. The van der Waals surface area contributed by atoms with Crippen molar-refractivity contribution in [3.05, 3.63) is 76.0 Å². The molecule has 0 radical (unpaired) electrons. The molecule has 1 aliphatic rings. The molecular formula is C27H27IN2O7S. The van der Waals surface area contributed by atoms with E-state index in [0.29, 0.717) is 53.6 Å². The maximum atomic E-state index is 13.9. The van der Waals surface area contributed by atoms with Crippen LogP contribution >= 0.6 is 33.9 Å². The monoisotopic (exact) mass is 650 g/mol. The van der Waals surface area contributed by atoms with Gasteiger partial charge in [-0.3, -0.25) is 9.36 Å². The number of ether oxygens (including phenoxy) is 4. The number of fused-ring (bicyclic) bond motifs is 1. The number of phenolic OH excluding ortho intramolecular Hbond substituents is 1. The van der Waals surface area contributed by atoms with E-state index < -0.39 is 12.0 Å². The number of rotatable bonds is 8. The summed E-state index contributed by atoms with van der Waals surface area (Å²) >= 11 is 3.22. The van der Waals surface area contributed by atoms with Gasteiger partial charge in [-0.05, 0) is 85.3 Å². The number of esters is 1. The Hall–Kier alpha value is -3.32. The second-order valence-electron chi connectivity index (χ2n) is 8.19. The van der Waals surface area contributed by atoms with Gasteiger partial charge >= 0.3 is 5.97 Å². The molecule has 0 spiro atoms. The summed E-state index contributed by atoms with van der Waals surface area (Å²) in [6.07, 6.45) is 1.72. The fourth-order valence-electron chi connectivity index (χ4n) is 4.23. The van der Waals surface area contributed by atoms with E-state index in [4.69, 9.17) is 18.9 Å². The molecule has 0 saturated heterocycles. The van der Waals surface area contributed by atoms with Crippen LogP contribution in [0.15, 0.2) is 51.4 Å². The van der Waals surface area contributed by atoms with E-state index in [9.17, 15) is 14.7 Å². The van der Waals surface area contributed by atoms with Crippen LogP contribution in [0.4, 0.5) is 0 Å². The zero-order valence-corrected chi connectivity index (χ0v) is 24.5. The van der Waals surface area contributed by atoms with Crippen molar-refractivity contribution >= 4 is 46.0 Å². The molecule has 0 unspecified atom stereocenters. The van der Waals surface area contributed by atoms with Crippen LogP contribution in [0.2, 0.25) is 0 Å². The van der Waals surface area contributed by atoms with E-state index in [1.165, 1.54) is 23.0 Å². The molecule has 11 heteroatoms. The largest absolute Gasteiger partial charge is 0.504 e. The van der Waals surface area contributed by atoms with Crippen molar-refractivity contribution in [3.8, 4) is 23.0 Å². The van der Waals surface area contributed by atoms with Crippen molar-refractivity contribution in [2.45, 2.75) is 26.8 Å². The van der Waals surface area contributed by atoms with Gasteiger partial charge in [0.1, 0.15) is 17.5 Å². The van der Waals surface area contributed by atoms with Crippen LogP contribution in [-0.2, 0) is 9.53 Å². The second-order valence-corrected chi connectivity index (χ2v) is 10.4. The molecule has 0 amide bonds. The summed E-state index contributed by atoms with van der Waals surface area (Å²) in [7, 11) is 3.07. The normalized spacial score (nSPS) is 15.1. The maximum Gasteiger partial charge on any atom is 0.338 e. The third-order valence-corrected chi connectivity index (χ3v) is 7.70. The average molecular weight is 650 g/mol. The van der Waals surface area contributed by atoms with E-state index in [2.05, 4.69) is 4.99 Å². The number of carbonyl (C=O) groups is 1. The van der Waals surface area contributed by atoms with Crippen LogP contribution in [0.1, 0.15) is 37.9 Å².